The number of likely N-dealkylation sites (tertiary alicyclic amines) is 1. The molecule has 2 fully saturated rings. The van der Waals surface area contributed by atoms with Crippen LogP contribution < -0.4 is 0 Å². The number of aromatic nitrogens is 1. The Morgan fingerprint density at radius 3 is 2.67 bits per heavy atom. The lowest BCUT2D eigenvalue weighted by Gasteiger charge is -2.37. The first-order chi connectivity index (χ1) is 13.0. The van der Waals surface area contributed by atoms with Crippen molar-refractivity contribution in [2.45, 2.75) is 25.6 Å². The molecule has 0 bridgehead atoms. The Kier molecular flexibility index (Phi) is 4.13. The highest BCUT2D eigenvalue weighted by atomic mass is 35.5. The molecule has 2 aliphatic rings. The number of hydrogen-bond acceptors (Lipinski definition) is 5. The van der Waals surface area contributed by atoms with Crippen LogP contribution in [0, 0.1) is 6.92 Å². The summed E-state index contributed by atoms with van der Waals surface area (Å²) in [6.45, 7) is 4.61. The summed E-state index contributed by atoms with van der Waals surface area (Å²) in [6.07, 6.45) is 1.43. The predicted molar refractivity (Wildman–Crippen MR) is 107 cm³/mol. The van der Waals surface area contributed by atoms with E-state index in [1.165, 1.54) is 11.3 Å². The number of halogens is 1. The SMILES string of the molecule is Cc1ccc2nc(Cl)c3cc(C(=O)N4CCC5(CC4)OCCO5)sc3c2c1. The Labute approximate surface area is 165 Å². The molecule has 0 N–H and O–H groups in total. The second-order valence-electron chi connectivity index (χ2n) is 7.18. The summed E-state index contributed by atoms with van der Waals surface area (Å²) in [5.74, 6) is -0.432. The number of fused-ring (bicyclic) bond motifs is 3. The van der Waals surface area contributed by atoms with Crippen LogP contribution in [0.3, 0.4) is 0 Å². The fourth-order valence-corrected chi connectivity index (χ4v) is 5.39. The summed E-state index contributed by atoms with van der Waals surface area (Å²) in [5, 5.41) is 2.34. The smallest absolute Gasteiger partial charge is 0.263 e. The summed E-state index contributed by atoms with van der Waals surface area (Å²) in [6, 6.07) is 7.98. The highest BCUT2D eigenvalue weighted by Gasteiger charge is 2.41. The highest BCUT2D eigenvalue weighted by molar-refractivity contribution is 7.21. The number of rotatable bonds is 1. The van der Waals surface area contributed by atoms with Crippen LogP contribution >= 0.6 is 22.9 Å². The molecule has 0 atom stereocenters. The van der Waals surface area contributed by atoms with Crippen LogP contribution in [0.25, 0.3) is 21.0 Å². The maximum Gasteiger partial charge on any atom is 0.263 e. The number of ether oxygens (including phenoxy) is 2. The van der Waals surface area contributed by atoms with Crippen LogP contribution in [0.1, 0.15) is 28.1 Å². The largest absolute Gasteiger partial charge is 0.347 e. The molecule has 1 amide bonds. The fraction of sp³-hybridized carbons (Fsp3) is 0.400. The van der Waals surface area contributed by atoms with Gasteiger partial charge in [0.2, 0.25) is 0 Å². The fourth-order valence-electron chi connectivity index (χ4n) is 3.94. The quantitative estimate of drug-likeness (QED) is 0.566. The maximum absolute atomic E-state index is 13.1. The third-order valence-electron chi connectivity index (χ3n) is 5.41. The van der Waals surface area contributed by atoms with Crippen molar-refractivity contribution in [1.82, 2.24) is 9.88 Å². The van der Waals surface area contributed by atoms with Gasteiger partial charge in [-0.3, -0.25) is 4.79 Å². The van der Waals surface area contributed by atoms with Gasteiger partial charge in [0.1, 0.15) is 5.15 Å². The molecule has 5 nitrogen and oxygen atoms in total. The first-order valence-electron chi connectivity index (χ1n) is 9.11. The predicted octanol–water partition coefficient (Wildman–Crippen LogP) is 4.39. The summed E-state index contributed by atoms with van der Waals surface area (Å²) < 4.78 is 12.5. The van der Waals surface area contributed by atoms with E-state index in [1.807, 2.05) is 23.1 Å². The molecule has 0 aliphatic carbocycles. The molecule has 2 aliphatic heterocycles. The van der Waals surface area contributed by atoms with Crippen molar-refractivity contribution < 1.29 is 14.3 Å². The third kappa shape index (κ3) is 2.91. The normalized spacial score (nSPS) is 19.4. The number of aryl methyl sites for hydroxylation is 1. The molecule has 3 aromatic rings. The number of hydrogen-bond donors (Lipinski definition) is 0. The minimum atomic E-state index is -0.474. The van der Waals surface area contributed by atoms with E-state index in [2.05, 4.69) is 18.0 Å². The Morgan fingerprint density at radius 1 is 1.19 bits per heavy atom. The highest BCUT2D eigenvalue weighted by Crippen LogP contribution is 2.37. The Hall–Kier alpha value is -1.73. The van der Waals surface area contributed by atoms with Crippen molar-refractivity contribution in [2.75, 3.05) is 26.3 Å². The topological polar surface area (TPSA) is 51.7 Å². The first-order valence-corrected chi connectivity index (χ1v) is 10.3. The van der Waals surface area contributed by atoms with Gasteiger partial charge in [0.15, 0.2) is 5.79 Å². The van der Waals surface area contributed by atoms with Crippen molar-refractivity contribution in [3.05, 3.63) is 39.9 Å². The average molecular weight is 403 g/mol. The second kappa shape index (κ2) is 6.41. The Morgan fingerprint density at radius 2 is 1.93 bits per heavy atom. The molecule has 0 unspecified atom stereocenters. The van der Waals surface area contributed by atoms with Crippen LogP contribution in [-0.2, 0) is 9.47 Å². The van der Waals surface area contributed by atoms with Crippen molar-refractivity contribution >= 4 is 49.8 Å². The van der Waals surface area contributed by atoms with Crippen LogP contribution in [0.5, 0.6) is 0 Å². The minimum absolute atomic E-state index is 0.0425. The molecule has 0 radical (unpaired) electrons. The second-order valence-corrected chi connectivity index (χ2v) is 8.59. The van der Waals surface area contributed by atoms with Gasteiger partial charge in [0, 0.05) is 41.4 Å². The van der Waals surface area contributed by atoms with E-state index in [1.54, 1.807) is 0 Å². The Balaban J connectivity index is 1.48. The zero-order valence-corrected chi connectivity index (χ0v) is 16.5. The minimum Gasteiger partial charge on any atom is -0.347 e. The van der Waals surface area contributed by atoms with Gasteiger partial charge in [-0.1, -0.05) is 23.2 Å². The molecule has 7 heteroatoms. The van der Waals surface area contributed by atoms with Gasteiger partial charge in [0.05, 0.1) is 23.6 Å². The number of carbonyl (C=O) groups is 1. The van der Waals surface area contributed by atoms with Crippen LogP contribution in [0.15, 0.2) is 24.3 Å². The van der Waals surface area contributed by atoms with E-state index < -0.39 is 5.79 Å². The monoisotopic (exact) mass is 402 g/mol. The lowest BCUT2D eigenvalue weighted by molar-refractivity contribution is -0.181. The van der Waals surface area contributed by atoms with E-state index in [9.17, 15) is 4.79 Å². The molecule has 27 heavy (non-hydrogen) atoms. The number of carbonyl (C=O) groups excluding carboxylic acids is 1. The zero-order chi connectivity index (χ0) is 18.6. The van der Waals surface area contributed by atoms with Gasteiger partial charge in [-0.25, -0.2) is 4.98 Å². The lowest BCUT2D eigenvalue weighted by Crippen LogP contribution is -2.47. The molecular formula is C20H19ClN2O3S. The number of benzene rings is 1. The van der Waals surface area contributed by atoms with E-state index in [-0.39, 0.29) is 5.91 Å². The van der Waals surface area contributed by atoms with Crippen molar-refractivity contribution in [3.63, 3.8) is 0 Å². The molecule has 2 aromatic heterocycles. The van der Waals surface area contributed by atoms with Gasteiger partial charge >= 0.3 is 0 Å². The number of piperidine rings is 1. The van der Waals surface area contributed by atoms with Gasteiger partial charge in [-0.05, 0) is 25.1 Å². The molecule has 4 heterocycles. The summed E-state index contributed by atoms with van der Waals surface area (Å²) in [7, 11) is 0. The standard InChI is InChI=1S/C20H19ClN2O3S/c1-12-2-3-15-13(10-12)17-14(18(21)22-15)11-16(27-17)19(24)23-6-4-20(5-7-23)25-8-9-26-20/h2-3,10-11H,4-9H2,1H3. The third-order valence-corrected chi connectivity index (χ3v) is 6.85. The number of thiophene rings is 1. The first kappa shape index (κ1) is 17.4. The molecule has 2 saturated heterocycles. The van der Waals surface area contributed by atoms with Crippen molar-refractivity contribution in [2.24, 2.45) is 0 Å². The van der Waals surface area contributed by atoms with Gasteiger partial charge < -0.3 is 14.4 Å². The van der Waals surface area contributed by atoms with E-state index in [4.69, 9.17) is 21.1 Å². The molecule has 0 saturated carbocycles. The number of amides is 1. The van der Waals surface area contributed by atoms with Gasteiger partial charge in [-0.2, -0.15) is 0 Å². The van der Waals surface area contributed by atoms with E-state index in [0.29, 0.717) is 49.2 Å². The van der Waals surface area contributed by atoms with Crippen molar-refractivity contribution in [3.8, 4) is 0 Å². The average Bonchev–Trinajstić information content (AvgIpc) is 3.31. The van der Waals surface area contributed by atoms with E-state index >= 15 is 0 Å². The van der Waals surface area contributed by atoms with Crippen molar-refractivity contribution in [1.29, 1.82) is 0 Å². The molecule has 140 valence electrons. The number of pyridine rings is 1. The van der Waals surface area contributed by atoms with E-state index in [0.717, 1.165) is 26.6 Å². The van der Waals surface area contributed by atoms with Crippen LogP contribution in [0.4, 0.5) is 0 Å². The molecule has 1 aromatic carbocycles. The lowest BCUT2D eigenvalue weighted by atomic mass is 10.0. The molecular weight excluding hydrogens is 384 g/mol. The van der Waals surface area contributed by atoms with Gasteiger partial charge in [-0.15, -0.1) is 11.3 Å². The van der Waals surface area contributed by atoms with Gasteiger partial charge in [0.25, 0.3) is 5.91 Å². The summed E-state index contributed by atoms with van der Waals surface area (Å²) >= 11 is 7.90. The van der Waals surface area contributed by atoms with Crippen LogP contribution in [0.2, 0.25) is 5.15 Å². The summed E-state index contributed by atoms with van der Waals surface area (Å²) in [5.41, 5.74) is 2.02. The molecule has 1 spiro atoms. The Bertz CT molecular complexity index is 1050. The zero-order valence-electron chi connectivity index (χ0n) is 15.0. The van der Waals surface area contributed by atoms with Crippen LogP contribution in [-0.4, -0.2) is 47.9 Å². The molecule has 5 rings (SSSR count). The maximum atomic E-state index is 13.1. The number of nitrogens with zero attached hydrogens (tertiary/aromatic N) is 2. The summed E-state index contributed by atoms with van der Waals surface area (Å²) in [4.78, 5) is 20.2.